The van der Waals surface area contributed by atoms with Crippen LogP contribution in [0.25, 0.3) is 0 Å². The third-order valence-electron chi connectivity index (χ3n) is 2.08. The zero-order valence-electron chi connectivity index (χ0n) is 8.28. The molecule has 0 N–H and O–H groups in total. The number of ether oxygens (including phenoxy) is 1. The van der Waals surface area contributed by atoms with E-state index in [9.17, 15) is 17.6 Å². The Labute approximate surface area is 84.7 Å². The van der Waals surface area contributed by atoms with Crippen LogP contribution >= 0.6 is 0 Å². The monoisotopic (exact) mass is 222 g/mol. The molecule has 0 saturated carbocycles. The molecule has 0 unspecified atom stereocenters. The lowest BCUT2D eigenvalue weighted by atomic mass is 10.1. The molecule has 0 aromatic heterocycles. The Hall–Kier alpha value is -1.26. The van der Waals surface area contributed by atoms with Crippen LogP contribution in [0.5, 0.6) is 5.75 Å². The van der Waals surface area contributed by atoms with Crippen LogP contribution in [0.1, 0.15) is 18.9 Å². The van der Waals surface area contributed by atoms with Crippen LogP contribution in [0.15, 0.2) is 12.1 Å². The van der Waals surface area contributed by atoms with Crippen molar-refractivity contribution in [3.63, 3.8) is 0 Å². The van der Waals surface area contributed by atoms with Gasteiger partial charge < -0.3 is 4.74 Å². The predicted octanol–water partition coefficient (Wildman–Crippen LogP) is 3.48. The maximum absolute atomic E-state index is 13.2. The molecular weight excluding hydrogens is 212 g/mol. The minimum atomic E-state index is -3.36. The van der Waals surface area contributed by atoms with Crippen LogP contribution in [0.4, 0.5) is 17.6 Å². The van der Waals surface area contributed by atoms with Gasteiger partial charge in [-0.15, -0.1) is 0 Å². The van der Waals surface area contributed by atoms with Gasteiger partial charge in [0, 0.05) is 12.5 Å². The van der Waals surface area contributed by atoms with Crippen molar-refractivity contribution in [1.82, 2.24) is 0 Å². The average Bonchev–Trinajstić information content (AvgIpc) is 2.20. The first-order valence-corrected chi connectivity index (χ1v) is 4.33. The number of rotatable bonds is 3. The minimum Gasteiger partial charge on any atom is -0.494 e. The zero-order chi connectivity index (χ0) is 11.6. The fourth-order valence-electron chi connectivity index (χ4n) is 1.16. The lowest BCUT2D eigenvalue weighted by molar-refractivity contribution is -0.0121. The molecule has 0 aliphatic heterocycles. The summed E-state index contributed by atoms with van der Waals surface area (Å²) in [4.78, 5) is 0. The van der Waals surface area contributed by atoms with Gasteiger partial charge in [-0.25, -0.2) is 17.6 Å². The number of methoxy groups -OCH3 is 1. The van der Waals surface area contributed by atoms with E-state index in [1.807, 2.05) is 0 Å². The number of hydrogen-bond donors (Lipinski definition) is 0. The molecule has 15 heavy (non-hydrogen) atoms. The first-order chi connectivity index (χ1) is 6.92. The lowest BCUT2D eigenvalue weighted by Gasteiger charge is -2.16. The van der Waals surface area contributed by atoms with Gasteiger partial charge in [-0.3, -0.25) is 0 Å². The first-order valence-electron chi connectivity index (χ1n) is 4.33. The molecule has 0 amide bonds. The fraction of sp³-hybridized carbons (Fsp3) is 0.400. The summed E-state index contributed by atoms with van der Waals surface area (Å²) in [6.45, 7) is 1.20. The molecular formula is C10H10F4O. The molecule has 0 heterocycles. The Morgan fingerprint density at radius 3 is 2.27 bits per heavy atom. The maximum Gasteiger partial charge on any atom is 0.275 e. The normalized spacial score (nSPS) is 11.6. The molecule has 0 aliphatic rings. The summed E-state index contributed by atoms with van der Waals surface area (Å²) >= 11 is 0. The van der Waals surface area contributed by atoms with E-state index in [-0.39, 0.29) is 5.75 Å². The largest absolute Gasteiger partial charge is 0.494 e. The van der Waals surface area contributed by atoms with Gasteiger partial charge >= 0.3 is 0 Å². The van der Waals surface area contributed by atoms with Crippen LogP contribution in [0.2, 0.25) is 0 Å². The van der Waals surface area contributed by atoms with E-state index in [2.05, 4.69) is 4.74 Å². The number of halogens is 4. The molecule has 1 rings (SSSR count). The molecule has 0 aliphatic carbocycles. The van der Waals surface area contributed by atoms with Gasteiger partial charge in [0.25, 0.3) is 5.92 Å². The molecule has 0 saturated heterocycles. The van der Waals surface area contributed by atoms with Crippen LogP contribution in [-0.4, -0.2) is 7.11 Å². The van der Waals surface area contributed by atoms with Crippen molar-refractivity contribution in [2.24, 2.45) is 0 Å². The van der Waals surface area contributed by atoms with E-state index in [4.69, 9.17) is 0 Å². The smallest absolute Gasteiger partial charge is 0.275 e. The number of hydrogen-bond acceptors (Lipinski definition) is 1. The van der Waals surface area contributed by atoms with Gasteiger partial charge in [-0.1, -0.05) is 6.92 Å². The molecule has 1 aromatic carbocycles. The molecule has 84 valence electrons. The van der Waals surface area contributed by atoms with Crippen LogP contribution < -0.4 is 4.74 Å². The Morgan fingerprint density at radius 2 is 1.80 bits per heavy atom. The average molecular weight is 222 g/mol. The highest BCUT2D eigenvalue weighted by Gasteiger charge is 2.33. The summed E-state index contributed by atoms with van der Waals surface area (Å²) < 4.78 is 56.9. The third kappa shape index (κ3) is 2.22. The zero-order valence-corrected chi connectivity index (χ0v) is 8.28. The summed E-state index contributed by atoms with van der Waals surface area (Å²) in [6.07, 6.45) is -0.588. The predicted molar refractivity (Wildman–Crippen MR) is 47.1 cm³/mol. The Bertz CT molecular complexity index is 363. The summed E-state index contributed by atoms with van der Waals surface area (Å²) in [5.41, 5.74) is -0.941. The van der Waals surface area contributed by atoms with Gasteiger partial charge in [-0.05, 0) is 6.07 Å². The highest BCUT2D eigenvalue weighted by molar-refractivity contribution is 5.33. The van der Waals surface area contributed by atoms with Crippen molar-refractivity contribution >= 4 is 0 Å². The van der Waals surface area contributed by atoms with Crippen LogP contribution in [0, 0.1) is 11.6 Å². The number of alkyl halides is 2. The fourth-order valence-corrected chi connectivity index (χ4v) is 1.16. The van der Waals surface area contributed by atoms with Crippen molar-refractivity contribution in [1.29, 1.82) is 0 Å². The SMILES string of the molecule is CCC(F)(F)c1cc(F)c(OC)cc1F. The third-order valence-corrected chi connectivity index (χ3v) is 2.08. The van der Waals surface area contributed by atoms with E-state index < -0.39 is 29.5 Å². The van der Waals surface area contributed by atoms with Crippen molar-refractivity contribution in [2.75, 3.05) is 7.11 Å². The van der Waals surface area contributed by atoms with Crippen LogP contribution in [0.3, 0.4) is 0 Å². The lowest BCUT2D eigenvalue weighted by Crippen LogP contribution is -2.14. The van der Waals surface area contributed by atoms with Crippen LogP contribution in [-0.2, 0) is 5.92 Å². The maximum atomic E-state index is 13.2. The summed E-state index contributed by atoms with van der Waals surface area (Å²) in [5.74, 6) is -5.91. The highest BCUT2D eigenvalue weighted by atomic mass is 19.3. The van der Waals surface area contributed by atoms with Crippen molar-refractivity contribution in [2.45, 2.75) is 19.3 Å². The van der Waals surface area contributed by atoms with E-state index in [1.54, 1.807) is 0 Å². The summed E-state index contributed by atoms with van der Waals surface area (Å²) in [5, 5.41) is 0. The van der Waals surface area contributed by atoms with Crippen molar-refractivity contribution < 1.29 is 22.3 Å². The van der Waals surface area contributed by atoms with E-state index in [0.717, 1.165) is 7.11 Å². The Balaban J connectivity index is 3.28. The quantitative estimate of drug-likeness (QED) is 0.711. The first kappa shape index (κ1) is 11.8. The molecule has 0 radical (unpaired) electrons. The van der Waals surface area contributed by atoms with Gasteiger partial charge in [0.2, 0.25) is 0 Å². The second-order valence-electron chi connectivity index (χ2n) is 3.02. The van der Waals surface area contributed by atoms with E-state index in [0.29, 0.717) is 12.1 Å². The van der Waals surface area contributed by atoms with Crippen molar-refractivity contribution in [3.05, 3.63) is 29.3 Å². The second-order valence-corrected chi connectivity index (χ2v) is 3.02. The Morgan fingerprint density at radius 1 is 1.20 bits per heavy atom. The highest BCUT2D eigenvalue weighted by Crippen LogP contribution is 2.35. The molecule has 1 nitrogen and oxygen atoms in total. The van der Waals surface area contributed by atoms with Gasteiger partial charge in [0.05, 0.1) is 12.7 Å². The molecule has 1 aromatic rings. The van der Waals surface area contributed by atoms with Gasteiger partial charge in [0.15, 0.2) is 11.6 Å². The van der Waals surface area contributed by atoms with Gasteiger partial charge in [-0.2, -0.15) is 0 Å². The topological polar surface area (TPSA) is 9.23 Å². The molecule has 0 bridgehead atoms. The molecule has 0 fully saturated rings. The Kier molecular flexibility index (Phi) is 3.21. The minimum absolute atomic E-state index is 0.386. The molecule has 0 spiro atoms. The summed E-state index contributed by atoms with van der Waals surface area (Å²) in [7, 11) is 1.13. The van der Waals surface area contributed by atoms with Gasteiger partial charge in [0.1, 0.15) is 5.82 Å². The van der Waals surface area contributed by atoms with Crippen molar-refractivity contribution in [3.8, 4) is 5.75 Å². The standard InChI is InChI=1S/C10H10F4O/c1-3-10(13,14)6-4-8(12)9(15-2)5-7(6)11/h4-5H,3H2,1-2H3. The van der Waals surface area contributed by atoms with E-state index in [1.165, 1.54) is 6.92 Å². The summed E-state index contributed by atoms with van der Waals surface area (Å²) in [6, 6.07) is 1.09. The second kappa shape index (κ2) is 4.08. The number of benzene rings is 1. The van der Waals surface area contributed by atoms with E-state index >= 15 is 0 Å². The molecule has 0 atom stereocenters. The molecule has 5 heteroatoms.